The van der Waals surface area contributed by atoms with Crippen LogP contribution in [-0.2, 0) is 11.3 Å². The van der Waals surface area contributed by atoms with Gasteiger partial charge < -0.3 is 5.32 Å². The number of nitrogens with zero attached hydrogens (tertiary/aromatic N) is 2. The van der Waals surface area contributed by atoms with Crippen LogP contribution in [0.5, 0.6) is 0 Å². The Morgan fingerprint density at radius 1 is 1.53 bits per heavy atom. The zero-order valence-electron chi connectivity index (χ0n) is 10.2. The molecule has 0 saturated heterocycles. The predicted octanol–water partition coefficient (Wildman–Crippen LogP) is 1.80. The van der Waals surface area contributed by atoms with Gasteiger partial charge in [0, 0.05) is 24.3 Å². The molecule has 0 aliphatic heterocycles. The summed E-state index contributed by atoms with van der Waals surface area (Å²) >= 11 is 3.35. The minimum absolute atomic E-state index is 0.0376. The largest absolute Gasteiger partial charge is 0.358 e. The summed E-state index contributed by atoms with van der Waals surface area (Å²) in [6.45, 7) is 4.12. The first kappa shape index (κ1) is 14.1. The molecular weight excluding hydrogens is 282 g/mol. The number of aromatic nitrogens is 1. The summed E-state index contributed by atoms with van der Waals surface area (Å²) in [5.41, 5.74) is 0.977. The van der Waals surface area contributed by atoms with Crippen molar-refractivity contribution in [2.24, 2.45) is 0 Å². The Hall–Kier alpha value is -0.940. The zero-order valence-corrected chi connectivity index (χ0v) is 11.8. The summed E-state index contributed by atoms with van der Waals surface area (Å²) < 4.78 is 0.967. The number of hydrogen-bond acceptors (Lipinski definition) is 3. The Morgan fingerprint density at radius 3 is 2.82 bits per heavy atom. The summed E-state index contributed by atoms with van der Waals surface area (Å²) in [7, 11) is 1.66. The smallest absolute Gasteiger partial charge is 0.233 e. The van der Waals surface area contributed by atoms with Crippen LogP contribution in [0.1, 0.15) is 19.0 Å². The molecule has 0 unspecified atom stereocenters. The van der Waals surface area contributed by atoms with Gasteiger partial charge in [0.1, 0.15) is 0 Å². The molecule has 0 atom stereocenters. The van der Waals surface area contributed by atoms with E-state index in [1.165, 1.54) is 0 Å². The van der Waals surface area contributed by atoms with E-state index in [1.807, 2.05) is 12.1 Å². The van der Waals surface area contributed by atoms with Gasteiger partial charge in [-0.3, -0.25) is 14.7 Å². The molecule has 0 aromatic carbocycles. The van der Waals surface area contributed by atoms with Crippen molar-refractivity contribution in [2.75, 3.05) is 20.1 Å². The maximum Gasteiger partial charge on any atom is 0.233 e. The molecule has 0 spiro atoms. The molecule has 0 aliphatic rings. The number of amides is 1. The Kier molecular flexibility index (Phi) is 6.15. The number of nitrogens with one attached hydrogen (secondary N) is 1. The Bertz CT molecular complexity index is 353. The minimum Gasteiger partial charge on any atom is -0.358 e. The maximum atomic E-state index is 11.4. The Labute approximate surface area is 111 Å². The van der Waals surface area contributed by atoms with Crippen LogP contribution in [0.4, 0.5) is 0 Å². The topological polar surface area (TPSA) is 45.2 Å². The highest BCUT2D eigenvalue weighted by Gasteiger charge is 2.09. The van der Waals surface area contributed by atoms with Gasteiger partial charge in [0.05, 0.1) is 12.2 Å². The summed E-state index contributed by atoms with van der Waals surface area (Å²) in [4.78, 5) is 17.8. The maximum absolute atomic E-state index is 11.4. The molecule has 1 aromatic rings. The highest BCUT2D eigenvalue weighted by Crippen LogP contribution is 2.09. The quantitative estimate of drug-likeness (QED) is 0.871. The first-order valence-corrected chi connectivity index (χ1v) is 6.48. The average molecular weight is 300 g/mol. The first-order valence-electron chi connectivity index (χ1n) is 5.69. The molecule has 94 valence electrons. The van der Waals surface area contributed by atoms with Crippen LogP contribution >= 0.6 is 15.9 Å². The molecule has 5 heteroatoms. The lowest BCUT2D eigenvalue weighted by Gasteiger charge is -2.20. The van der Waals surface area contributed by atoms with Crippen molar-refractivity contribution < 1.29 is 4.79 Å². The number of halogens is 1. The molecular formula is C12H18BrN3O. The molecule has 0 radical (unpaired) electrons. The monoisotopic (exact) mass is 299 g/mol. The van der Waals surface area contributed by atoms with Gasteiger partial charge in [0.25, 0.3) is 0 Å². The average Bonchev–Trinajstić information content (AvgIpc) is 2.32. The molecule has 0 fully saturated rings. The molecule has 17 heavy (non-hydrogen) atoms. The lowest BCUT2D eigenvalue weighted by Crippen LogP contribution is -2.35. The van der Waals surface area contributed by atoms with Crippen molar-refractivity contribution in [1.29, 1.82) is 0 Å². The third kappa shape index (κ3) is 5.28. The summed E-state index contributed by atoms with van der Waals surface area (Å²) in [5.74, 6) is 0.0376. The number of rotatable bonds is 6. The van der Waals surface area contributed by atoms with Crippen LogP contribution in [-0.4, -0.2) is 35.9 Å². The summed E-state index contributed by atoms with van der Waals surface area (Å²) in [6, 6.07) is 3.93. The molecule has 1 heterocycles. The van der Waals surface area contributed by atoms with Gasteiger partial charge in [0.15, 0.2) is 0 Å². The van der Waals surface area contributed by atoms with Crippen molar-refractivity contribution in [3.05, 3.63) is 28.5 Å². The van der Waals surface area contributed by atoms with Gasteiger partial charge in [-0.15, -0.1) is 0 Å². The molecule has 1 rings (SSSR count). The summed E-state index contributed by atoms with van der Waals surface area (Å²) in [6.07, 6.45) is 2.80. The molecule has 1 N–H and O–H groups in total. The van der Waals surface area contributed by atoms with E-state index in [9.17, 15) is 4.79 Å². The molecule has 0 saturated carbocycles. The van der Waals surface area contributed by atoms with Crippen LogP contribution in [0.3, 0.4) is 0 Å². The Balaban J connectivity index is 2.59. The van der Waals surface area contributed by atoms with Crippen LogP contribution in [0.15, 0.2) is 22.8 Å². The van der Waals surface area contributed by atoms with Crippen LogP contribution < -0.4 is 5.32 Å². The van der Waals surface area contributed by atoms with Crippen LogP contribution in [0.2, 0.25) is 0 Å². The number of hydrogen-bond donors (Lipinski definition) is 1. The molecule has 4 nitrogen and oxygen atoms in total. The van der Waals surface area contributed by atoms with E-state index in [-0.39, 0.29) is 5.91 Å². The van der Waals surface area contributed by atoms with Crippen LogP contribution in [0.25, 0.3) is 0 Å². The van der Waals surface area contributed by atoms with Gasteiger partial charge in [-0.1, -0.05) is 6.92 Å². The van der Waals surface area contributed by atoms with Crippen molar-refractivity contribution in [2.45, 2.75) is 19.9 Å². The highest BCUT2D eigenvalue weighted by molar-refractivity contribution is 9.10. The van der Waals surface area contributed by atoms with Gasteiger partial charge in [-0.25, -0.2) is 0 Å². The molecule has 1 amide bonds. The highest BCUT2D eigenvalue weighted by atomic mass is 79.9. The van der Waals surface area contributed by atoms with E-state index in [0.717, 1.165) is 23.1 Å². The van der Waals surface area contributed by atoms with Crippen molar-refractivity contribution >= 4 is 21.8 Å². The van der Waals surface area contributed by atoms with Gasteiger partial charge in [-0.05, 0) is 41.0 Å². The number of likely N-dealkylation sites (N-methyl/N-ethyl adjacent to an activating group) is 1. The summed E-state index contributed by atoms with van der Waals surface area (Å²) in [5, 5.41) is 2.64. The van der Waals surface area contributed by atoms with Crippen molar-refractivity contribution in [3.8, 4) is 0 Å². The normalized spacial score (nSPS) is 10.6. The fourth-order valence-corrected chi connectivity index (χ4v) is 1.78. The van der Waals surface area contributed by atoms with Gasteiger partial charge in [-0.2, -0.15) is 0 Å². The van der Waals surface area contributed by atoms with E-state index < -0.39 is 0 Å². The molecule has 1 aromatic heterocycles. The number of pyridine rings is 1. The number of carbonyl (C=O) groups excluding carboxylic acids is 1. The minimum atomic E-state index is 0.0376. The Morgan fingerprint density at radius 2 is 2.29 bits per heavy atom. The third-order valence-corrected chi connectivity index (χ3v) is 2.83. The van der Waals surface area contributed by atoms with Gasteiger partial charge >= 0.3 is 0 Å². The lowest BCUT2D eigenvalue weighted by molar-refractivity contribution is -0.121. The van der Waals surface area contributed by atoms with Gasteiger partial charge in [0.2, 0.25) is 5.91 Å². The third-order valence-electron chi connectivity index (χ3n) is 2.36. The fourth-order valence-electron chi connectivity index (χ4n) is 1.54. The molecule has 0 aliphatic carbocycles. The van der Waals surface area contributed by atoms with Crippen LogP contribution in [0, 0.1) is 0 Å². The lowest BCUT2D eigenvalue weighted by atomic mass is 10.3. The SMILES string of the molecule is CCCN(CC(=O)NC)Cc1ccc(Br)cn1. The zero-order chi connectivity index (χ0) is 12.7. The fraction of sp³-hybridized carbons (Fsp3) is 0.500. The van der Waals surface area contributed by atoms with Crippen molar-refractivity contribution in [3.63, 3.8) is 0 Å². The second-order valence-corrected chi connectivity index (χ2v) is 4.77. The van der Waals surface area contributed by atoms with E-state index in [0.29, 0.717) is 13.1 Å². The second kappa shape index (κ2) is 7.40. The number of carbonyl (C=O) groups is 1. The van der Waals surface area contributed by atoms with Crippen molar-refractivity contribution in [1.82, 2.24) is 15.2 Å². The standard InChI is InChI=1S/C12H18BrN3O/c1-3-6-16(9-12(17)14-2)8-11-5-4-10(13)7-15-11/h4-5,7H,3,6,8-9H2,1-2H3,(H,14,17). The van der Waals surface area contributed by atoms with E-state index in [1.54, 1.807) is 13.2 Å². The van der Waals surface area contributed by atoms with E-state index in [4.69, 9.17) is 0 Å². The van der Waals surface area contributed by atoms with E-state index in [2.05, 4.69) is 38.1 Å². The first-order chi connectivity index (χ1) is 8.15. The second-order valence-electron chi connectivity index (χ2n) is 3.85. The van der Waals surface area contributed by atoms with E-state index >= 15 is 0 Å². The predicted molar refractivity (Wildman–Crippen MR) is 71.6 cm³/mol. The molecule has 0 bridgehead atoms.